The average molecular weight is 341 g/mol. The highest BCUT2D eigenvalue weighted by Crippen LogP contribution is 2.26. The first-order chi connectivity index (χ1) is 11.0. The molecule has 0 aliphatic carbocycles. The number of methoxy groups -OCH3 is 1. The van der Waals surface area contributed by atoms with Gasteiger partial charge in [0.25, 0.3) is 5.91 Å². The molecule has 0 unspecified atom stereocenters. The third kappa shape index (κ3) is 4.59. The van der Waals surface area contributed by atoms with Gasteiger partial charge in [0.1, 0.15) is 12.4 Å². The van der Waals surface area contributed by atoms with E-state index >= 15 is 0 Å². The van der Waals surface area contributed by atoms with Crippen LogP contribution in [0.2, 0.25) is 5.02 Å². The third-order valence-electron chi connectivity index (χ3n) is 3.90. The minimum absolute atomic E-state index is 0.150. The van der Waals surface area contributed by atoms with Crippen molar-refractivity contribution in [2.45, 2.75) is 12.8 Å². The standard InChI is InChI=1S/C16H21ClN2O4/c1-22-8-9-23-14-3-2-12(17)10-13(14)16(21)19-6-4-11(5-7-19)15(18)20/h2-3,10-11H,4-9H2,1H3,(H2,18,20). The van der Waals surface area contributed by atoms with Crippen molar-refractivity contribution in [1.29, 1.82) is 0 Å². The van der Waals surface area contributed by atoms with Gasteiger partial charge in [-0.2, -0.15) is 0 Å². The van der Waals surface area contributed by atoms with Crippen LogP contribution in [0.1, 0.15) is 23.2 Å². The van der Waals surface area contributed by atoms with E-state index in [2.05, 4.69) is 0 Å². The van der Waals surface area contributed by atoms with E-state index in [-0.39, 0.29) is 17.7 Å². The second kappa shape index (κ2) is 8.17. The van der Waals surface area contributed by atoms with Gasteiger partial charge in [0.2, 0.25) is 5.91 Å². The molecule has 2 rings (SSSR count). The zero-order valence-corrected chi connectivity index (χ0v) is 13.8. The van der Waals surface area contributed by atoms with E-state index in [4.69, 9.17) is 26.8 Å². The van der Waals surface area contributed by atoms with E-state index in [1.807, 2.05) is 0 Å². The van der Waals surface area contributed by atoms with Crippen molar-refractivity contribution in [2.75, 3.05) is 33.4 Å². The number of primary amides is 1. The number of carbonyl (C=O) groups is 2. The van der Waals surface area contributed by atoms with Crippen LogP contribution in [0.3, 0.4) is 0 Å². The average Bonchev–Trinajstić information content (AvgIpc) is 2.55. The predicted octanol–water partition coefficient (Wildman–Crippen LogP) is 1.70. The number of benzene rings is 1. The van der Waals surface area contributed by atoms with Crippen molar-refractivity contribution in [3.05, 3.63) is 28.8 Å². The number of ether oxygens (including phenoxy) is 2. The van der Waals surface area contributed by atoms with E-state index in [0.29, 0.717) is 55.5 Å². The fourth-order valence-electron chi connectivity index (χ4n) is 2.57. The van der Waals surface area contributed by atoms with Gasteiger partial charge in [-0.05, 0) is 31.0 Å². The number of nitrogens with two attached hydrogens (primary N) is 1. The number of halogens is 1. The summed E-state index contributed by atoms with van der Waals surface area (Å²) in [6.07, 6.45) is 1.17. The molecular formula is C16H21ClN2O4. The molecule has 0 saturated carbocycles. The highest BCUT2D eigenvalue weighted by molar-refractivity contribution is 6.31. The summed E-state index contributed by atoms with van der Waals surface area (Å²) in [7, 11) is 1.58. The molecule has 1 fully saturated rings. The second-order valence-electron chi connectivity index (χ2n) is 5.45. The zero-order valence-electron chi connectivity index (χ0n) is 13.1. The first-order valence-corrected chi connectivity index (χ1v) is 7.90. The molecule has 2 N–H and O–H groups in total. The number of amides is 2. The molecule has 7 heteroatoms. The highest BCUT2D eigenvalue weighted by atomic mass is 35.5. The van der Waals surface area contributed by atoms with Crippen molar-refractivity contribution >= 4 is 23.4 Å². The first-order valence-electron chi connectivity index (χ1n) is 7.52. The number of rotatable bonds is 6. The molecule has 126 valence electrons. The molecule has 1 aliphatic heterocycles. The van der Waals surface area contributed by atoms with E-state index in [1.54, 1.807) is 30.2 Å². The number of nitrogens with zero attached hydrogens (tertiary/aromatic N) is 1. The lowest BCUT2D eigenvalue weighted by molar-refractivity contribution is -0.123. The third-order valence-corrected chi connectivity index (χ3v) is 4.14. The molecular weight excluding hydrogens is 320 g/mol. The number of hydrogen-bond acceptors (Lipinski definition) is 4. The fraction of sp³-hybridized carbons (Fsp3) is 0.500. The predicted molar refractivity (Wildman–Crippen MR) is 86.6 cm³/mol. The fourth-order valence-corrected chi connectivity index (χ4v) is 2.74. The van der Waals surface area contributed by atoms with Gasteiger partial charge in [0.05, 0.1) is 12.2 Å². The van der Waals surface area contributed by atoms with Crippen molar-refractivity contribution in [2.24, 2.45) is 11.7 Å². The molecule has 0 bridgehead atoms. The minimum Gasteiger partial charge on any atom is -0.490 e. The number of hydrogen-bond donors (Lipinski definition) is 1. The molecule has 1 aliphatic rings. The summed E-state index contributed by atoms with van der Waals surface area (Å²) >= 11 is 6.01. The van der Waals surface area contributed by atoms with Gasteiger partial charge in [-0.1, -0.05) is 11.6 Å². The van der Waals surface area contributed by atoms with Gasteiger partial charge >= 0.3 is 0 Å². The first kappa shape index (κ1) is 17.6. The molecule has 0 radical (unpaired) electrons. The molecule has 23 heavy (non-hydrogen) atoms. The maximum atomic E-state index is 12.7. The maximum Gasteiger partial charge on any atom is 0.257 e. The maximum absolute atomic E-state index is 12.7. The molecule has 6 nitrogen and oxygen atoms in total. The summed E-state index contributed by atoms with van der Waals surface area (Å²) in [5, 5.41) is 0.472. The van der Waals surface area contributed by atoms with Gasteiger partial charge in [0, 0.05) is 31.1 Å². The normalized spacial score (nSPS) is 15.5. The molecule has 1 aromatic carbocycles. The van der Waals surface area contributed by atoms with Crippen LogP contribution < -0.4 is 10.5 Å². The van der Waals surface area contributed by atoms with Crippen LogP contribution in [-0.2, 0) is 9.53 Å². The van der Waals surface area contributed by atoms with Crippen LogP contribution in [0.4, 0.5) is 0 Å². The van der Waals surface area contributed by atoms with E-state index in [1.165, 1.54) is 0 Å². The van der Waals surface area contributed by atoms with Crippen LogP contribution in [-0.4, -0.2) is 50.1 Å². The van der Waals surface area contributed by atoms with E-state index in [9.17, 15) is 9.59 Å². The number of piperidine rings is 1. The summed E-state index contributed by atoms with van der Waals surface area (Å²) < 4.78 is 10.5. The Morgan fingerprint density at radius 3 is 2.61 bits per heavy atom. The minimum atomic E-state index is -0.302. The second-order valence-corrected chi connectivity index (χ2v) is 5.89. The molecule has 0 spiro atoms. The Hall–Kier alpha value is -1.79. The summed E-state index contributed by atoms with van der Waals surface area (Å²) in [5.41, 5.74) is 5.74. The van der Waals surface area contributed by atoms with E-state index < -0.39 is 0 Å². The van der Waals surface area contributed by atoms with Crippen molar-refractivity contribution in [3.63, 3.8) is 0 Å². The van der Waals surface area contributed by atoms with Gasteiger partial charge in [-0.25, -0.2) is 0 Å². The van der Waals surface area contributed by atoms with Gasteiger partial charge < -0.3 is 20.1 Å². The lowest BCUT2D eigenvalue weighted by Crippen LogP contribution is -2.41. The SMILES string of the molecule is COCCOc1ccc(Cl)cc1C(=O)N1CCC(C(N)=O)CC1. The Morgan fingerprint density at radius 2 is 2.00 bits per heavy atom. The van der Waals surface area contributed by atoms with E-state index in [0.717, 1.165) is 0 Å². The van der Waals surface area contributed by atoms with Crippen LogP contribution in [0, 0.1) is 5.92 Å². The molecule has 0 aromatic heterocycles. The van der Waals surface area contributed by atoms with Crippen LogP contribution in [0.25, 0.3) is 0 Å². The van der Waals surface area contributed by atoms with Crippen molar-refractivity contribution in [1.82, 2.24) is 4.90 Å². The molecule has 0 atom stereocenters. The summed E-state index contributed by atoms with van der Waals surface area (Å²) in [5.74, 6) is -0.129. The highest BCUT2D eigenvalue weighted by Gasteiger charge is 2.28. The molecule has 2 amide bonds. The van der Waals surface area contributed by atoms with Crippen molar-refractivity contribution in [3.8, 4) is 5.75 Å². The Morgan fingerprint density at radius 1 is 1.30 bits per heavy atom. The zero-order chi connectivity index (χ0) is 16.8. The van der Waals surface area contributed by atoms with Crippen LogP contribution in [0.15, 0.2) is 18.2 Å². The number of carbonyl (C=O) groups excluding carboxylic acids is 2. The van der Waals surface area contributed by atoms with Crippen molar-refractivity contribution < 1.29 is 19.1 Å². The Balaban J connectivity index is 2.09. The number of likely N-dealkylation sites (tertiary alicyclic amines) is 1. The molecule has 1 saturated heterocycles. The Labute approximate surface area is 140 Å². The summed E-state index contributed by atoms with van der Waals surface area (Å²) in [4.78, 5) is 25.6. The summed E-state index contributed by atoms with van der Waals surface area (Å²) in [6, 6.07) is 4.97. The molecule has 1 heterocycles. The smallest absolute Gasteiger partial charge is 0.257 e. The van der Waals surface area contributed by atoms with Crippen LogP contribution in [0.5, 0.6) is 5.75 Å². The van der Waals surface area contributed by atoms with Gasteiger partial charge in [-0.3, -0.25) is 9.59 Å². The lowest BCUT2D eigenvalue weighted by Gasteiger charge is -2.31. The van der Waals surface area contributed by atoms with Gasteiger partial charge in [0.15, 0.2) is 0 Å². The summed E-state index contributed by atoms with van der Waals surface area (Å²) in [6.45, 7) is 1.77. The van der Waals surface area contributed by atoms with Crippen LogP contribution >= 0.6 is 11.6 Å². The Bertz CT molecular complexity index is 571. The lowest BCUT2D eigenvalue weighted by atomic mass is 9.96. The quantitative estimate of drug-likeness (QED) is 0.799. The molecule has 1 aromatic rings. The largest absolute Gasteiger partial charge is 0.490 e. The van der Waals surface area contributed by atoms with Gasteiger partial charge in [-0.15, -0.1) is 0 Å². The monoisotopic (exact) mass is 340 g/mol. The topological polar surface area (TPSA) is 81.9 Å². The Kier molecular flexibility index (Phi) is 6.24.